The van der Waals surface area contributed by atoms with Crippen LogP contribution >= 0.6 is 0 Å². The van der Waals surface area contributed by atoms with Crippen molar-refractivity contribution in [3.8, 4) is 0 Å². The molecule has 7 heteroatoms. The quantitative estimate of drug-likeness (QED) is 0.750. The molecule has 1 N–H and O–H groups in total. The number of amides is 3. The molecule has 2 aromatic carbocycles. The van der Waals surface area contributed by atoms with Crippen molar-refractivity contribution >= 4 is 23.4 Å². The van der Waals surface area contributed by atoms with Gasteiger partial charge in [0.1, 0.15) is 11.4 Å². The summed E-state index contributed by atoms with van der Waals surface area (Å²) in [5, 5.41) is 3.46. The summed E-state index contributed by atoms with van der Waals surface area (Å²) < 4.78 is 14.4. The predicted molar refractivity (Wildman–Crippen MR) is 117 cm³/mol. The Balaban J connectivity index is 1.65. The second-order valence-corrected chi connectivity index (χ2v) is 9.43. The van der Waals surface area contributed by atoms with Gasteiger partial charge in [-0.2, -0.15) is 0 Å². The van der Waals surface area contributed by atoms with Crippen LogP contribution in [0, 0.1) is 23.6 Å². The van der Waals surface area contributed by atoms with Gasteiger partial charge in [0.25, 0.3) is 5.91 Å². The van der Waals surface area contributed by atoms with E-state index in [1.807, 2.05) is 24.3 Å². The third kappa shape index (κ3) is 2.70. The number of nitrogens with zero attached hydrogens (tertiary/aromatic N) is 2. The molecule has 3 heterocycles. The molecule has 2 saturated heterocycles. The number of rotatable bonds is 4. The number of para-hydroxylation sites is 1. The van der Waals surface area contributed by atoms with Crippen LogP contribution in [0.4, 0.5) is 10.1 Å². The molecule has 4 atom stereocenters. The number of benzene rings is 2. The summed E-state index contributed by atoms with van der Waals surface area (Å²) in [6.07, 6.45) is 0.665. The van der Waals surface area contributed by atoms with Crippen molar-refractivity contribution in [1.82, 2.24) is 10.2 Å². The number of carbonyl (C=O) groups is 3. The van der Waals surface area contributed by atoms with Gasteiger partial charge >= 0.3 is 0 Å². The highest BCUT2D eigenvalue weighted by Crippen LogP contribution is 2.55. The number of nitrogens with one attached hydrogen (secondary N) is 1. The first kappa shape index (κ1) is 20.8. The van der Waals surface area contributed by atoms with Crippen molar-refractivity contribution in [3.63, 3.8) is 0 Å². The molecule has 0 bridgehead atoms. The van der Waals surface area contributed by atoms with Gasteiger partial charge < -0.3 is 4.90 Å². The molecule has 5 rings (SSSR count). The highest BCUT2D eigenvalue weighted by atomic mass is 19.1. The summed E-state index contributed by atoms with van der Waals surface area (Å²) in [5.74, 6) is -2.41. The Kier molecular flexibility index (Phi) is 4.71. The third-order valence-electron chi connectivity index (χ3n) is 7.10. The first-order valence-corrected chi connectivity index (χ1v) is 11.0. The molecule has 0 saturated carbocycles. The highest BCUT2D eigenvalue weighted by molar-refractivity contribution is 6.15. The maximum Gasteiger partial charge on any atom is 0.253 e. The van der Waals surface area contributed by atoms with Gasteiger partial charge in [0.15, 0.2) is 0 Å². The van der Waals surface area contributed by atoms with Crippen LogP contribution in [-0.4, -0.2) is 35.7 Å². The molecule has 0 radical (unpaired) electrons. The van der Waals surface area contributed by atoms with E-state index < -0.39 is 17.4 Å². The van der Waals surface area contributed by atoms with Crippen LogP contribution < -0.4 is 10.2 Å². The number of hydrogen-bond acceptors (Lipinski definition) is 4. The average molecular weight is 435 g/mol. The molecule has 6 nitrogen and oxygen atoms in total. The molecular formula is C25H26FN3O3. The predicted octanol–water partition coefficient (Wildman–Crippen LogP) is 2.82. The average Bonchev–Trinajstić information content (AvgIpc) is 3.30. The molecule has 0 aliphatic carbocycles. The van der Waals surface area contributed by atoms with Crippen LogP contribution in [-0.2, 0) is 26.5 Å². The van der Waals surface area contributed by atoms with Gasteiger partial charge in [0.2, 0.25) is 11.8 Å². The zero-order valence-corrected chi connectivity index (χ0v) is 18.3. The van der Waals surface area contributed by atoms with Gasteiger partial charge in [0, 0.05) is 29.9 Å². The van der Waals surface area contributed by atoms with E-state index in [1.54, 1.807) is 23.1 Å². The van der Waals surface area contributed by atoms with Crippen molar-refractivity contribution in [1.29, 1.82) is 0 Å². The number of fused-ring (bicyclic) bond motifs is 4. The maximum absolute atomic E-state index is 14.4. The van der Waals surface area contributed by atoms with E-state index in [4.69, 9.17) is 0 Å². The summed E-state index contributed by atoms with van der Waals surface area (Å²) >= 11 is 0. The van der Waals surface area contributed by atoms with Gasteiger partial charge in [-0.15, -0.1) is 0 Å². The van der Waals surface area contributed by atoms with Crippen LogP contribution in [0.25, 0.3) is 0 Å². The van der Waals surface area contributed by atoms with Crippen molar-refractivity contribution < 1.29 is 18.8 Å². The number of imide groups is 1. The molecule has 0 aromatic heterocycles. The Bertz CT molecular complexity index is 1130. The van der Waals surface area contributed by atoms with Crippen molar-refractivity contribution in [2.45, 2.75) is 38.4 Å². The fourth-order valence-corrected chi connectivity index (χ4v) is 5.76. The number of halogens is 1. The minimum atomic E-state index is -1.33. The van der Waals surface area contributed by atoms with Crippen LogP contribution in [0.5, 0.6) is 0 Å². The molecule has 0 unspecified atom stereocenters. The number of likely N-dealkylation sites (tertiary alicyclic amines) is 1. The van der Waals surface area contributed by atoms with E-state index >= 15 is 0 Å². The number of carbonyl (C=O) groups excluding carboxylic acids is 3. The summed E-state index contributed by atoms with van der Waals surface area (Å²) in [6, 6.07) is 13.4. The zero-order chi connectivity index (χ0) is 22.8. The normalized spacial score (nSPS) is 28.9. The first-order chi connectivity index (χ1) is 15.3. The van der Waals surface area contributed by atoms with Crippen LogP contribution in [0.2, 0.25) is 0 Å². The molecule has 3 aliphatic rings. The molecule has 1 spiro atoms. The maximum atomic E-state index is 14.4. The van der Waals surface area contributed by atoms with E-state index in [0.29, 0.717) is 23.2 Å². The second-order valence-electron chi connectivity index (χ2n) is 9.43. The topological polar surface area (TPSA) is 69.7 Å². The molecule has 32 heavy (non-hydrogen) atoms. The first-order valence-electron chi connectivity index (χ1n) is 11.0. The van der Waals surface area contributed by atoms with Crippen LogP contribution in [0.15, 0.2) is 48.5 Å². The fourth-order valence-electron chi connectivity index (χ4n) is 5.76. The van der Waals surface area contributed by atoms with Gasteiger partial charge in [-0.3, -0.25) is 24.6 Å². The van der Waals surface area contributed by atoms with Crippen molar-refractivity contribution in [3.05, 3.63) is 65.5 Å². The van der Waals surface area contributed by atoms with Crippen LogP contribution in [0.1, 0.15) is 31.4 Å². The van der Waals surface area contributed by atoms with Gasteiger partial charge in [0.05, 0.1) is 18.4 Å². The lowest BCUT2D eigenvalue weighted by Crippen LogP contribution is -2.54. The molecule has 3 aliphatic heterocycles. The molecule has 166 valence electrons. The lowest BCUT2D eigenvalue weighted by atomic mass is 9.76. The van der Waals surface area contributed by atoms with Crippen molar-refractivity contribution in [2.24, 2.45) is 17.8 Å². The lowest BCUT2D eigenvalue weighted by Gasteiger charge is -2.30. The fraction of sp³-hybridized carbons (Fsp3) is 0.400. The summed E-state index contributed by atoms with van der Waals surface area (Å²) in [7, 11) is 1.49. The van der Waals surface area contributed by atoms with E-state index in [2.05, 4.69) is 19.2 Å². The number of hydrogen-bond donors (Lipinski definition) is 1. The van der Waals surface area contributed by atoms with Gasteiger partial charge in [-0.1, -0.05) is 50.2 Å². The third-order valence-corrected chi connectivity index (χ3v) is 7.10. The molecule has 2 aromatic rings. The summed E-state index contributed by atoms with van der Waals surface area (Å²) in [5.41, 5.74) is 0.391. The molecule has 3 amide bonds. The minimum absolute atomic E-state index is 0.0517. The highest BCUT2D eigenvalue weighted by Gasteiger charge is 2.71. The Labute approximate surface area is 186 Å². The van der Waals surface area contributed by atoms with Crippen LogP contribution in [0.3, 0.4) is 0 Å². The Hall–Kier alpha value is -3.06. The van der Waals surface area contributed by atoms with E-state index in [0.717, 1.165) is 0 Å². The van der Waals surface area contributed by atoms with E-state index in [-0.39, 0.29) is 42.0 Å². The van der Waals surface area contributed by atoms with E-state index in [1.165, 1.54) is 18.0 Å². The molecule has 2 fully saturated rings. The standard InChI is InChI=1S/C25H26FN3O3/c1-14(2)12-18-20-21(23(31)28(3)22(20)30)25(27-18)16-9-5-7-11-19(16)29(24(25)32)13-15-8-4-6-10-17(15)26/h4-11,14,18,20-21,27H,12-13H2,1-3H3/t18-,20+,21+,25+/m1/s1. The zero-order valence-electron chi connectivity index (χ0n) is 18.3. The Morgan fingerprint density at radius 1 is 1.03 bits per heavy atom. The second kappa shape index (κ2) is 7.24. The lowest BCUT2D eigenvalue weighted by molar-refractivity contribution is -0.141. The molecular weight excluding hydrogens is 409 g/mol. The summed E-state index contributed by atoms with van der Waals surface area (Å²) in [4.78, 5) is 43.2. The SMILES string of the molecule is CC(C)C[C@H]1N[C@]2(C(=O)N(Cc3ccccc3F)c3ccccc32)[C@@H]2C(=O)N(C)C(=O)[C@H]21. The van der Waals surface area contributed by atoms with Gasteiger partial charge in [-0.05, 0) is 24.5 Å². The number of anilines is 1. The smallest absolute Gasteiger partial charge is 0.253 e. The van der Waals surface area contributed by atoms with E-state index in [9.17, 15) is 18.8 Å². The monoisotopic (exact) mass is 435 g/mol. The van der Waals surface area contributed by atoms with Crippen molar-refractivity contribution in [2.75, 3.05) is 11.9 Å². The Morgan fingerprint density at radius 3 is 2.44 bits per heavy atom. The Morgan fingerprint density at radius 2 is 1.72 bits per heavy atom. The van der Waals surface area contributed by atoms with Gasteiger partial charge in [-0.25, -0.2) is 4.39 Å². The minimum Gasteiger partial charge on any atom is -0.306 e. The summed E-state index contributed by atoms with van der Waals surface area (Å²) in [6.45, 7) is 4.17. The largest absolute Gasteiger partial charge is 0.306 e.